The fourth-order valence-electron chi connectivity index (χ4n) is 1.59. The van der Waals surface area contributed by atoms with Gasteiger partial charge < -0.3 is 10.5 Å². The summed E-state index contributed by atoms with van der Waals surface area (Å²) < 4.78 is 5.21. The molecule has 0 radical (unpaired) electrons. The maximum Gasteiger partial charge on any atom is 0.0561 e. The van der Waals surface area contributed by atoms with Crippen molar-refractivity contribution in [3.8, 4) is 0 Å². The molecule has 2 N–H and O–H groups in total. The van der Waals surface area contributed by atoms with Gasteiger partial charge in [-0.15, -0.1) is 0 Å². The van der Waals surface area contributed by atoms with Crippen molar-refractivity contribution in [1.82, 2.24) is 0 Å². The Morgan fingerprint density at radius 3 is 2.33 bits per heavy atom. The molecular weight excluding hydrogens is 186 g/mol. The van der Waals surface area contributed by atoms with Crippen LogP contribution in [0.4, 0.5) is 0 Å². The minimum Gasteiger partial charge on any atom is -0.382 e. The lowest BCUT2D eigenvalue weighted by Crippen LogP contribution is -2.18. The minimum atomic E-state index is 0.0749. The second kappa shape index (κ2) is 5.89. The third kappa shape index (κ3) is 3.65. The van der Waals surface area contributed by atoms with Crippen LogP contribution in [0.5, 0.6) is 0 Å². The first-order valence-corrected chi connectivity index (χ1v) is 5.54. The zero-order valence-corrected chi connectivity index (χ0v) is 9.86. The molecule has 0 fully saturated rings. The second-order valence-electron chi connectivity index (χ2n) is 3.98. The zero-order valence-electron chi connectivity index (χ0n) is 9.86. The topological polar surface area (TPSA) is 35.2 Å². The zero-order chi connectivity index (χ0) is 11.3. The number of methoxy groups -OCH3 is 1. The molecule has 2 unspecified atom stereocenters. The molecule has 0 heterocycles. The molecule has 2 nitrogen and oxygen atoms in total. The molecule has 84 valence electrons. The van der Waals surface area contributed by atoms with Gasteiger partial charge >= 0.3 is 0 Å². The van der Waals surface area contributed by atoms with E-state index in [0.717, 1.165) is 12.8 Å². The molecule has 1 aromatic rings. The van der Waals surface area contributed by atoms with E-state index in [9.17, 15) is 0 Å². The number of nitrogens with two attached hydrogens (primary N) is 1. The van der Waals surface area contributed by atoms with Crippen molar-refractivity contribution in [2.75, 3.05) is 7.11 Å². The fraction of sp³-hybridized carbons (Fsp3) is 0.538. The van der Waals surface area contributed by atoms with Crippen LogP contribution in [0.3, 0.4) is 0 Å². The predicted molar refractivity (Wildman–Crippen MR) is 63.8 cm³/mol. The first-order chi connectivity index (χ1) is 7.17. The van der Waals surface area contributed by atoms with Crippen LogP contribution in [-0.2, 0) is 11.2 Å². The van der Waals surface area contributed by atoms with Gasteiger partial charge in [0.1, 0.15) is 0 Å². The van der Waals surface area contributed by atoms with Crippen LogP contribution in [0.15, 0.2) is 24.3 Å². The van der Waals surface area contributed by atoms with Gasteiger partial charge in [-0.1, -0.05) is 31.2 Å². The maximum atomic E-state index is 6.08. The highest BCUT2D eigenvalue weighted by Crippen LogP contribution is 2.17. The number of aryl methyl sites for hydroxylation is 1. The van der Waals surface area contributed by atoms with Gasteiger partial charge in [-0.05, 0) is 30.9 Å². The number of ether oxygens (including phenoxy) is 1. The molecule has 0 aromatic heterocycles. The van der Waals surface area contributed by atoms with Gasteiger partial charge in [-0.25, -0.2) is 0 Å². The summed E-state index contributed by atoms with van der Waals surface area (Å²) in [5.74, 6) is 0. The molecule has 1 rings (SSSR count). The van der Waals surface area contributed by atoms with Crippen LogP contribution in [0.1, 0.15) is 37.4 Å². The highest BCUT2D eigenvalue weighted by Gasteiger charge is 2.10. The van der Waals surface area contributed by atoms with E-state index in [1.165, 1.54) is 11.1 Å². The summed E-state index contributed by atoms with van der Waals surface area (Å²) >= 11 is 0. The van der Waals surface area contributed by atoms with Crippen molar-refractivity contribution in [3.05, 3.63) is 35.4 Å². The molecule has 0 saturated heterocycles. The van der Waals surface area contributed by atoms with Crippen molar-refractivity contribution in [2.45, 2.75) is 38.8 Å². The summed E-state index contributed by atoms with van der Waals surface area (Å²) in [5, 5.41) is 0. The van der Waals surface area contributed by atoms with E-state index in [2.05, 4.69) is 31.2 Å². The Balaban J connectivity index is 2.61. The van der Waals surface area contributed by atoms with Gasteiger partial charge in [-0.2, -0.15) is 0 Å². The van der Waals surface area contributed by atoms with E-state index in [-0.39, 0.29) is 12.1 Å². The van der Waals surface area contributed by atoms with Crippen LogP contribution in [0, 0.1) is 0 Å². The van der Waals surface area contributed by atoms with Crippen LogP contribution in [-0.4, -0.2) is 13.2 Å². The average molecular weight is 207 g/mol. The Bertz CT molecular complexity index is 281. The Morgan fingerprint density at radius 1 is 1.27 bits per heavy atom. The highest BCUT2D eigenvalue weighted by atomic mass is 16.5. The Morgan fingerprint density at radius 2 is 1.87 bits per heavy atom. The fourth-order valence-corrected chi connectivity index (χ4v) is 1.59. The van der Waals surface area contributed by atoms with Crippen molar-refractivity contribution in [2.24, 2.45) is 5.73 Å². The van der Waals surface area contributed by atoms with E-state index in [4.69, 9.17) is 10.5 Å². The smallest absolute Gasteiger partial charge is 0.0561 e. The SMILES string of the molecule is CCc1ccc(C(N)CC(C)OC)cc1. The summed E-state index contributed by atoms with van der Waals surface area (Å²) in [6.07, 6.45) is 2.15. The van der Waals surface area contributed by atoms with Crippen LogP contribution in [0.25, 0.3) is 0 Å². The van der Waals surface area contributed by atoms with Crippen molar-refractivity contribution < 1.29 is 4.74 Å². The molecule has 0 spiro atoms. The van der Waals surface area contributed by atoms with Crippen LogP contribution >= 0.6 is 0 Å². The van der Waals surface area contributed by atoms with E-state index in [1.807, 2.05) is 6.92 Å². The van der Waals surface area contributed by atoms with Gasteiger partial charge in [0, 0.05) is 13.2 Å². The van der Waals surface area contributed by atoms with Gasteiger partial charge in [-0.3, -0.25) is 0 Å². The summed E-state index contributed by atoms with van der Waals surface area (Å²) in [5.41, 5.74) is 8.63. The molecule has 0 saturated carbocycles. The molecule has 2 atom stereocenters. The summed E-state index contributed by atoms with van der Waals surface area (Å²) in [4.78, 5) is 0. The third-order valence-corrected chi connectivity index (χ3v) is 2.80. The van der Waals surface area contributed by atoms with Gasteiger partial charge in [0.05, 0.1) is 6.10 Å². The summed E-state index contributed by atoms with van der Waals surface area (Å²) in [6, 6.07) is 8.60. The number of rotatable bonds is 5. The Hall–Kier alpha value is -0.860. The van der Waals surface area contributed by atoms with Crippen LogP contribution < -0.4 is 5.73 Å². The third-order valence-electron chi connectivity index (χ3n) is 2.80. The van der Waals surface area contributed by atoms with E-state index in [0.29, 0.717) is 0 Å². The number of hydrogen-bond donors (Lipinski definition) is 1. The minimum absolute atomic E-state index is 0.0749. The summed E-state index contributed by atoms with van der Waals surface area (Å²) in [6.45, 7) is 4.20. The van der Waals surface area contributed by atoms with Crippen molar-refractivity contribution >= 4 is 0 Å². The highest BCUT2D eigenvalue weighted by molar-refractivity contribution is 5.24. The standard InChI is InChI=1S/C13H21NO/c1-4-11-5-7-12(8-6-11)13(14)9-10(2)15-3/h5-8,10,13H,4,9,14H2,1-3H3. The predicted octanol–water partition coefficient (Wildman–Crippen LogP) is 2.67. The van der Waals surface area contributed by atoms with E-state index in [1.54, 1.807) is 7.11 Å². The van der Waals surface area contributed by atoms with Gasteiger partial charge in [0.25, 0.3) is 0 Å². The first kappa shape index (κ1) is 12.2. The summed E-state index contributed by atoms with van der Waals surface area (Å²) in [7, 11) is 1.72. The normalized spacial score (nSPS) is 14.9. The van der Waals surface area contributed by atoms with Gasteiger partial charge in [0.2, 0.25) is 0 Å². The molecule has 1 aromatic carbocycles. The molecule has 0 amide bonds. The molecule has 0 aliphatic carbocycles. The molecule has 0 bridgehead atoms. The average Bonchev–Trinajstić information content (AvgIpc) is 2.29. The lowest BCUT2D eigenvalue weighted by atomic mass is 10.0. The molecule has 15 heavy (non-hydrogen) atoms. The second-order valence-corrected chi connectivity index (χ2v) is 3.98. The van der Waals surface area contributed by atoms with Crippen molar-refractivity contribution in [3.63, 3.8) is 0 Å². The van der Waals surface area contributed by atoms with Gasteiger partial charge in [0.15, 0.2) is 0 Å². The molecular formula is C13H21NO. The quantitative estimate of drug-likeness (QED) is 0.805. The lowest BCUT2D eigenvalue weighted by Gasteiger charge is -2.16. The Kier molecular flexibility index (Phi) is 4.79. The molecule has 0 aliphatic heterocycles. The lowest BCUT2D eigenvalue weighted by molar-refractivity contribution is 0.104. The van der Waals surface area contributed by atoms with Crippen LogP contribution in [0.2, 0.25) is 0 Å². The first-order valence-electron chi connectivity index (χ1n) is 5.54. The Labute approximate surface area is 92.4 Å². The van der Waals surface area contributed by atoms with E-state index < -0.39 is 0 Å². The largest absolute Gasteiger partial charge is 0.382 e. The number of hydrogen-bond acceptors (Lipinski definition) is 2. The van der Waals surface area contributed by atoms with E-state index >= 15 is 0 Å². The monoisotopic (exact) mass is 207 g/mol. The van der Waals surface area contributed by atoms with Crippen molar-refractivity contribution in [1.29, 1.82) is 0 Å². The molecule has 0 aliphatic rings. The number of benzene rings is 1. The molecule has 2 heteroatoms. The maximum absolute atomic E-state index is 6.08.